The van der Waals surface area contributed by atoms with Gasteiger partial charge in [0.1, 0.15) is 0 Å². The standard InChI is InChI=1S/C34H30N4O3S2/c1-5-41-33(40)29-22(3)35-34-38(31(29)24-15-17-27(42-4)18-16-24)32(39)28(43-34)19-25-20-37(26-9-7-6-8-10-26)36-30(25)23-13-11-21(2)12-14-23/h6-20,31H,5H2,1-4H3. The number of rotatable bonds is 7. The summed E-state index contributed by atoms with van der Waals surface area (Å²) in [7, 11) is 0. The molecule has 216 valence electrons. The Balaban J connectivity index is 1.55. The van der Waals surface area contributed by atoms with Gasteiger partial charge in [0.15, 0.2) is 4.80 Å². The Morgan fingerprint density at radius 1 is 1.02 bits per heavy atom. The summed E-state index contributed by atoms with van der Waals surface area (Å²) in [6, 6.07) is 25.3. The smallest absolute Gasteiger partial charge is 0.338 e. The zero-order chi connectivity index (χ0) is 30.1. The minimum absolute atomic E-state index is 0.223. The van der Waals surface area contributed by atoms with Crippen molar-refractivity contribution in [1.29, 1.82) is 0 Å². The molecule has 1 unspecified atom stereocenters. The third-order valence-electron chi connectivity index (χ3n) is 7.32. The number of aromatic nitrogens is 3. The molecule has 1 atom stereocenters. The Bertz CT molecular complexity index is 2020. The van der Waals surface area contributed by atoms with Gasteiger partial charge in [-0.25, -0.2) is 14.5 Å². The number of carbonyl (C=O) groups excluding carboxylic acids is 1. The van der Waals surface area contributed by atoms with Gasteiger partial charge >= 0.3 is 5.97 Å². The lowest BCUT2D eigenvalue weighted by Gasteiger charge is -2.24. The number of thioether (sulfide) groups is 1. The first-order valence-corrected chi connectivity index (χ1v) is 16.0. The molecule has 0 amide bonds. The number of nitrogens with zero attached hydrogens (tertiary/aromatic N) is 4. The summed E-state index contributed by atoms with van der Waals surface area (Å²) in [6.45, 7) is 5.84. The lowest BCUT2D eigenvalue weighted by atomic mass is 9.96. The molecule has 0 fully saturated rings. The highest BCUT2D eigenvalue weighted by atomic mass is 32.2. The molecule has 0 aliphatic carbocycles. The largest absolute Gasteiger partial charge is 0.463 e. The average molecular weight is 607 g/mol. The number of fused-ring (bicyclic) bond motifs is 1. The number of para-hydroxylation sites is 1. The molecule has 0 radical (unpaired) electrons. The Labute approximate surface area is 257 Å². The van der Waals surface area contributed by atoms with Crippen LogP contribution in [-0.4, -0.2) is 33.2 Å². The molecule has 0 saturated carbocycles. The van der Waals surface area contributed by atoms with Crippen molar-refractivity contribution >= 4 is 35.1 Å². The van der Waals surface area contributed by atoms with E-state index in [2.05, 4.69) is 12.1 Å². The van der Waals surface area contributed by atoms with E-state index in [4.69, 9.17) is 14.8 Å². The SMILES string of the molecule is CCOC(=O)C1=C(C)N=c2sc(=Cc3cn(-c4ccccc4)nc3-c3ccc(C)cc3)c(=O)n2C1c1ccc(SC)cc1. The van der Waals surface area contributed by atoms with Crippen molar-refractivity contribution < 1.29 is 9.53 Å². The van der Waals surface area contributed by atoms with Crippen LogP contribution < -0.4 is 14.9 Å². The van der Waals surface area contributed by atoms with Crippen LogP contribution in [0.25, 0.3) is 23.0 Å². The van der Waals surface area contributed by atoms with Gasteiger partial charge < -0.3 is 4.74 Å². The number of hydrogen-bond donors (Lipinski definition) is 0. The van der Waals surface area contributed by atoms with Crippen LogP contribution in [0.15, 0.2) is 111 Å². The molecule has 5 aromatic rings. The second-order valence-electron chi connectivity index (χ2n) is 10.2. The van der Waals surface area contributed by atoms with E-state index in [0.717, 1.165) is 38.5 Å². The first-order valence-electron chi connectivity index (χ1n) is 13.9. The third-order valence-corrected chi connectivity index (χ3v) is 9.05. The number of hydrogen-bond acceptors (Lipinski definition) is 7. The molecular weight excluding hydrogens is 577 g/mol. The Kier molecular flexibility index (Phi) is 8.01. The summed E-state index contributed by atoms with van der Waals surface area (Å²) in [5, 5.41) is 4.92. The summed E-state index contributed by atoms with van der Waals surface area (Å²) in [4.78, 5) is 33.8. The van der Waals surface area contributed by atoms with Crippen LogP contribution >= 0.6 is 23.1 Å². The summed E-state index contributed by atoms with van der Waals surface area (Å²) < 4.78 is 9.39. The van der Waals surface area contributed by atoms with E-state index in [-0.39, 0.29) is 12.2 Å². The van der Waals surface area contributed by atoms with E-state index in [0.29, 0.717) is 20.6 Å². The minimum Gasteiger partial charge on any atom is -0.463 e. The van der Waals surface area contributed by atoms with Crippen molar-refractivity contribution in [3.8, 4) is 16.9 Å². The number of benzene rings is 3. The fourth-order valence-corrected chi connectivity index (χ4v) is 6.62. The number of carbonyl (C=O) groups is 1. The monoisotopic (exact) mass is 606 g/mol. The molecule has 7 nitrogen and oxygen atoms in total. The molecule has 1 aliphatic heterocycles. The highest BCUT2D eigenvalue weighted by Crippen LogP contribution is 2.32. The summed E-state index contributed by atoms with van der Waals surface area (Å²) in [6.07, 6.45) is 5.83. The molecule has 0 spiro atoms. The molecule has 9 heteroatoms. The van der Waals surface area contributed by atoms with E-state index in [9.17, 15) is 9.59 Å². The van der Waals surface area contributed by atoms with Crippen molar-refractivity contribution in [1.82, 2.24) is 14.3 Å². The van der Waals surface area contributed by atoms with E-state index >= 15 is 0 Å². The lowest BCUT2D eigenvalue weighted by Crippen LogP contribution is -2.39. The molecular formula is C34H30N4O3S2. The summed E-state index contributed by atoms with van der Waals surface area (Å²) in [5.74, 6) is -0.470. The zero-order valence-corrected chi connectivity index (χ0v) is 25.9. The van der Waals surface area contributed by atoms with Crippen LogP contribution in [-0.2, 0) is 9.53 Å². The van der Waals surface area contributed by atoms with Gasteiger partial charge in [0.05, 0.1) is 39.8 Å². The van der Waals surface area contributed by atoms with Crippen LogP contribution in [0.3, 0.4) is 0 Å². The second-order valence-corrected chi connectivity index (χ2v) is 12.0. The molecule has 0 saturated heterocycles. The Morgan fingerprint density at radius 2 is 1.74 bits per heavy atom. The first kappa shape index (κ1) is 28.6. The molecule has 43 heavy (non-hydrogen) atoms. The van der Waals surface area contributed by atoms with Crippen molar-refractivity contribution in [3.63, 3.8) is 0 Å². The minimum atomic E-state index is -0.656. The van der Waals surface area contributed by atoms with Crippen LogP contribution in [0.5, 0.6) is 0 Å². The molecule has 3 aromatic carbocycles. The number of ether oxygens (including phenoxy) is 1. The van der Waals surface area contributed by atoms with Crippen molar-refractivity contribution in [3.05, 3.63) is 133 Å². The van der Waals surface area contributed by atoms with Crippen LogP contribution in [0.2, 0.25) is 0 Å². The predicted molar refractivity (Wildman–Crippen MR) is 172 cm³/mol. The van der Waals surface area contributed by atoms with Crippen LogP contribution in [0.1, 0.15) is 36.6 Å². The number of thiazole rings is 1. The maximum Gasteiger partial charge on any atom is 0.338 e. The van der Waals surface area contributed by atoms with Gasteiger partial charge in [0, 0.05) is 22.2 Å². The van der Waals surface area contributed by atoms with Gasteiger partial charge in [-0.3, -0.25) is 9.36 Å². The highest BCUT2D eigenvalue weighted by Gasteiger charge is 2.33. The number of esters is 1. The molecule has 2 aromatic heterocycles. The van der Waals surface area contributed by atoms with E-state index in [1.807, 2.05) is 96.9 Å². The summed E-state index contributed by atoms with van der Waals surface area (Å²) >= 11 is 2.94. The van der Waals surface area contributed by atoms with Gasteiger partial charge in [0.2, 0.25) is 0 Å². The number of aryl methyl sites for hydroxylation is 1. The first-order chi connectivity index (χ1) is 20.9. The fourth-order valence-electron chi connectivity index (χ4n) is 5.18. The van der Waals surface area contributed by atoms with Crippen molar-refractivity contribution in [2.24, 2.45) is 4.99 Å². The predicted octanol–water partition coefficient (Wildman–Crippen LogP) is 5.68. The number of allylic oxidation sites excluding steroid dienone is 1. The van der Waals surface area contributed by atoms with Crippen molar-refractivity contribution in [2.45, 2.75) is 31.7 Å². The maximum absolute atomic E-state index is 14.2. The third kappa shape index (κ3) is 5.53. The van der Waals surface area contributed by atoms with E-state index in [1.54, 1.807) is 30.2 Å². The summed E-state index contributed by atoms with van der Waals surface area (Å²) in [5.41, 5.74) is 6.10. The van der Waals surface area contributed by atoms with Gasteiger partial charge in [-0.15, -0.1) is 11.8 Å². The Hall–Kier alpha value is -4.47. The molecule has 3 heterocycles. The molecule has 6 rings (SSSR count). The molecule has 0 bridgehead atoms. The van der Waals surface area contributed by atoms with Gasteiger partial charge in [0.25, 0.3) is 5.56 Å². The van der Waals surface area contributed by atoms with E-state index < -0.39 is 12.0 Å². The van der Waals surface area contributed by atoms with Gasteiger partial charge in [-0.2, -0.15) is 5.10 Å². The van der Waals surface area contributed by atoms with E-state index in [1.165, 1.54) is 11.3 Å². The van der Waals surface area contributed by atoms with Gasteiger partial charge in [-0.1, -0.05) is 71.5 Å². The van der Waals surface area contributed by atoms with Gasteiger partial charge in [-0.05, 0) is 62.9 Å². The molecule has 0 N–H and O–H groups in total. The fraction of sp³-hybridized carbons (Fsp3) is 0.176. The van der Waals surface area contributed by atoms with Crippen LogP contribution in [0.4, 0.5) is 0 Å². The topological polar surface area (TPSA) is 78.5 Å². The van der Waals surface area contributed by atoms with Crippen molar-refractivity contribution in [2.75, 3.05) is 12.9 Å². The normalized spacial score (nSPS) is 14.9. The van der Waals surface area contributed by atoms with Crippen LogP contribution in [0, 0.1) is 6.92 Å². The maximum atomic E-state index is 14.2. The Morgan fingerprint density at radius 3 is 2.42 bits per heavy atom. The lowest BCUT2D eigenvalue weighted by molar-refractivity contribution is -0.139. The quantitative estimate of drug-likeness (QED) is 0.176. The second kappa shape index (κ2) is 12.0. The highest BCUT2D eigenvalue weighted by molar-refractivity contribution is 7.98. The zero-order valence-electron chi connectivity index (χ0n) is 24.3. The average Bonchev–Trinajstić information content (AvgIpc) is 3.58. The molecule has 1 aliphatic rings.